The Hall–Kier alpha value is -1.86. The van der Waals surface area contributed by atoms with Crippen LogP contribution < -0.4 is 11.1 Å². The molecule has 1 aromatic heterocycles. The molecule has 0 radical (unpaired) electrons. The van der Waals surface area contributed by atoms with E-state index in [9.17, 15) is 9.18 Å². The van der Waals surface area contributed by atoms with Crippen molar-refractivity contribution in [1.29, 1.82) is 0 Å². The minimum absolute atomic E-state index is 0.192. The summed E-state index contributed by atoms with van der Waals surface area (Å²) < 4.78 is 13.9. The number of carbonyl (C=O) groups is 1. The van der Waals surface area contributed by atoms with E-state index in [1.165, 1.54) is 18.3 Å². The second-order valence-corrected chi connectivity index (χ2v) is 5.63. The fourth-order valence-electron chi connectivity index (χ4n) is 1.64. The average Bonchev–Trinajstić information content (AvgIpc) is 2.44. The van der Waals surface area contributed by atoms with Crippen molar-refractivity contribution < 1.29 is 9.18 Å². The van der Waals surface area contributed by atoms with Gasteiger partial charge in [-0.25, -0.2) is 4.39 Å². The highest BCUT2D eigenvalue weighted by atomic mass is 79.9. The van der Waals surface area contributed by atoms with Gasteiger partial charge in [0, 0.05) is 17.4 Å². The molecule has 0 aliphatic heterocycles. The fourth-order valence-corrected chi connectivity index (χ4v) is 2.22. The molecule has 0 saturated heterocycles. The van der Waals surface area contributed by atoms with Crippen LogP contribution >= 0.6 is 28.1 Å². The van der Waals surface area contributed by atoms with Crippen molar-refractivity contribution in [2.24, 2.45) is 5.73 Å². The predicted molar refractivity (Wildman–Crippen MR) is 86.9 cm³/mol. The molecule has 3 N–H and O–H groups in total. The number of anilines is 1. The summed E-state index contributed by atoms with van der Waals surface area (Å²) >= 11 is 7.90. The normalized spacial score (nSPS) is 10.2. The first-order valence-electron chi connectivity index (χ1n) is 5.91. The minimum atomic E-state index is -0.451. The molecule has 2 aromatic rings. The second kappa shape index (κ2) is 6.28. The highest BCUT2D eigenvalue weighted by Crippen LogP contribution is 2.24. The number of amides is 1. The summed E-state index contributed by atoms with van der Waals surface area (Å²) in [6.45, 7) is 1.77. The molecule has 1 aromatic carbocycles. The van der Waals surface area contributed by atoms with Crippen LogP contribution in [0.15, 0.2) is 34.9 Å². The standard InChI is InChI=1S/C14H11BrFN3OS/c1-7-4-9(15)10(16)5-12(7)19-14(20)11-3-2-8(6-18-11)13(17)21/h2-6H,1H3,(H2,17,21)(H,19,20). The molecule has 0 spiro atoms. The summed E-state index contributed by atoms with van der Waals surface area (Å²) in [4.78, 5) is 16.3. The zero-order valence-corrected chi connectivity index (χ0v) is 13.4. The van der Waals surface area contributed by atoms with Gasteiger partial charge in [0.25, 0.3) is 5.91 Å². The number of thiocarbonyl (C=S) groups is 1. The van der Waals surface area contributed by atoms with E-state index in [2.05, 4.69) is 26.2 Å². The number of carbonyl (C=O) groups excluding carboxylic acids is 1. The molecular weight excluding hydrogens is 357 g/mol. The molecule has 1 amide bonds. The van der Waals surface area contributed by atoms with Crippen molar-refractivity contribution in [3.8, 4) is 0 Å². The fraction of sp³-hybridized carbons (Fsp3) is 0.0714. The number of nitrogens with one attached hydrogen (secondary N) is 1. The van der Waals surface area contributed by atoms with Crippen LogP contribution in [0, 0.1) is 12.7 Å². The zero-order valence-electron chi connectivity index (χ0n) is 11.0. The van der Waals surface area contributed by atoms with Gasteiger partial charge in [-0.1, -0.05) is 12.2 Å². The Morgan fingerprint density at radius 1 is 1.43 bits per heavy atom. The average molecular weight is 368 g/mol. The summed E-state index contributed by atoms with van der Waals surface area (Å²) in [6.07, 6.45) is 1.42. The first-order chi connectivity index (χ1) is 9.88. The molecule has 2 rings (SSSR count). The number of aryl methyl sites for hydroxylation is 1. The first kappa shape index (κ1) is 15.5. The summed E-state index contributed by atoms with van der Waals surface area (Å²) in [5.74, 6) is -0.887. The molecule has 0 saturated carbocycles. The van der Waals surface area contributed by atoms with Gasteiger partial charge < -0.3 is 11.1 Å². The lowest BCUT2D eigenvalue weighted by molar-refractivity contribution is 0.102. The first-order valence-corrected chi connectivity index (χ1v) is 7.11. The molecule has 0 fully saturated rings. The molecule has 21 heavy (non-hydrogen) atoms. The Bertz CT molecular complexity index is 719. The van der Waals surface area contributed by atoms with Gasteiger partial charge in [-0.05, 0) is 52.7 Å². The quantitative estimate of drug-likeness (QED) is 0.817. The van der Waals surface area contributed by atoms with E-state index in [1.54, 1.807) is 19.1 Å². The van der Waals surface area contributed by atoms with Crippen LogP contribution in [0.5, 0.6) is 0 Å². The van der Waals surface area contributed by atoms with Crippen LogP contribution in [0.2, 0.25) is 0 Å². The third-order valence-electron chi connectivity index (χ3n) is 2.80. The third-order valence-corrected chi connectivity index (χ3v) is 3.64. The molecule has 7 heteroatoms. The monoisotopic (exact) mass is 367 g/mol. The summed E-state index contributed by atoms with van der Waals surface area (Å²) in [5, 5.41) is 2.62. The van der Waals surface area contributed by atoms with E-state index in [1.807, 2.05) is 0 Å². The number of aromatic nitrogens is 1. The van der Waals surface area contributed by atoms with E-state index < -0.39 is 11.7 Å². The van der Waals surface area contributed by atoms with Crippen molar-refractivity contribution in [2.45, 2.75) is 6.92 Å². The highest BCUT2D eigenvalue weighted by molar-refractivity contribution is 9.10. The van der Waals surface area contributed by atoms with Gasteiger partial charge in [-0.15, -0.1) is 0 Å². The van der Waals surface area contributed by atoms with Crippen molar-refractivity contribution in [2.75, 3.05) is 5.32 Å². The Morgan fingerprint density at radius 2 is 2.14 bits per heavy atom. The van der Waals surface area contributed by atoms with Crippen molar-refractivity contribution >= 4 is 44.7 Å². The van der Waals surface area contributed by atoms with Gasteiger partial charge in [-0.3, -0.25) is 9.78 Å². The highest BCUT2D eigenvalue weighted by Gasteiger charge is 2.11. The lowest BCUT2D eigenvalue weighted by atomic mass is 10.2. The number of nitrogens with zero attached hydrogens (tertiary/aromatic N) is 1. The lowest BCUT2D eigenvalue weighted by Gasteiger charge is -2.09. The number of pyridine rings is 1. The van der Waals surface area contributed by atoms with Crippen LogP contribution in [0.3, 0.4) is 0 Å². The lowest BCUT2D eigenvalue weighted by Crippen LogP contribution is -2.16. The van der Waals surface area contributed by atoms with E-state index in [0.717, 1.165) is 5.56 Å². The van der Waals surface area contributed by atoms with Gasteiger partial charge in [0.1, 0.15) is 16.5 Å². The Kier molecular flexibility index (Phi) is 4.64. The van der Waals surface area contributed by atoms with Gasteiger partial charge in [-0.2, -0.15) is 0 Å². The number of halogens is 2. The van der Waals surface area contributed by atoms with Crippen molar-refractivity contribution in [3.63, 3.8) is 0 Å². The summed E-state index contributed by atoms with van der Waals surface area (Å²) in [6, 6.07) is 5.96. The number of nitrogens with two attached hydrogens (primary N) is 1. The maximum atomic E-state index is 13.5. The number of rotatable bonds is 3. The van der Waals surface area contributed by atoms with Crippen LogP contribution in [-0.2, 0) is 0 Å². The SMILES string of the molecule is Cc1cc(Br)c(F)cc1NC(=O)c1ccc(C(N)=S)cn1. The van der Waals surface area contributed by atoms with Gasteiger partial charge in [0.05, 0.1) is 4.47 Å². The molecule has 0 atom stereocenters. The Balaban J connectivity index is 2.22. The van der Waals surface area contributed by atoms with E-state index >= 15 is 0 Å². The zero-order chi connectivity index (χ0) is 15.6. The predicted octanol–water partition coefficient (Wildman–Crippen LogP) is 3.18. The number of hydrogen-bond acceptors (Lipinski definition) is 3. The van der Waals surface area contributed by atoms with Crippen LogP contribution in [0.1, 0.15) is 21.6 Å². The Morgan fingerprint density at radius 3 is 2.71 bits per heavy atom. The van der Waals surface area contributed by atoms with Gasteiger partial charge in [0.2, 0.25) is 0 Å². The largest absolute Gasteiger partial charge is 0.389 e. The summed E-state index contributed by atoms with van der Waals surface area (Å²) in [5.41, 5.74) is 7.35. The van der Waals surface area contributed by atoms with Crippen molar-refractivity contribution in [3.05, 3.63) is 57.6 Å². The minimum Gasteiger partial charge on any atom is -0.389 e. The van der Waals surface area contributed by atoms with Crippen LogP contribution in [-0.4, -0.2) is 15.9 Å². The number of hydrogen-bond donors (Lipinski definition) is 2. The maximum absolute atomic E-state index is 13.5. The molecule has 4 nitrogen and oxygen atoms in total. The molecular formula is C14H11BrFN3OS. The van der Waals surface area contributed by atoms with Gasteiger partial charge in [0.15, 0.2) is 0 Å². The molecule has 0 bridgehead atoms. The number of benzene rings is 1. The summed E-state index contributed by atoms with van der Waals surface area (Å²) in [7, 11) is 0. The molecule has 0 aliphatic rings. The molecule has 108 valence electrons. The van der Waals surface area contributed by atoms with Crippen LogP contribution in [0.25, 0.3) is 0 Å². The van der Waals surface area contributed by atoms with E-state index in [0.29, 0.717) is 15.7 Å². The topological polar surface area (TPSA) is 68.0 Å². The van der Waals surface area contributed by atoms with E-state index in [-0.39, 0.29) is 10.7 Å². The molecule has 0 aliphatic carbocycles. The Labute approximate surface area is 134 Å². The third kappa shape index (κ3) is 3.62. The smallest absolute Gasteiger partial charge is 0.274 e. The van der Waals surface area contributed by atoms with Crippen molar-refractivity contribution in [1.82, 2.24) is 4.98 Å². The second-order valence-electron chi connectivity index (χ2n) is 4.33. The molecule has 1 heterocycles. The van der Waals surface area contributed by atoms with Gasteiger partial charge >= 0.3 is 0 Å². The maximum Gasteiger partial charge on any atom is 0.274 e. The molecule has 0 unspecified atom stereocenters. The van der Waals surface area contributed by atoms with E-state index in [4.69, 9.17) is 18.0 Å². The van der Waals surface area contributed by atoms with Crippen LogP contribution in [0.4, 0.5) is 10.1 Å².